The molecule has 104 valence electrons. The van der Waals surface area contributed by atoms with Crippen LogP contribution in [0.4, 0.5) is 0 Å². The summed E-state index contributed by atoms with van der Waals surface area (Å²) < 4.78 is 1.36. The molecule has 1 heterocycles. The van der Waals surface area contributed by atoms with Gasteiger partial charge in [-0.05, 0) is 44.3 Å². The van der Waals surface area contributed by atoms with Gasteiger partial charge in [0.2, 0.25) is 0 Å². The van der Waals surface area contributed by atoms with Crippen molar-refractivity contribution in [2.75, 3.05) is 32.4 Å². The van der Waals surface area contributed by atoms with Crippen molar-refractivity contribution in [3.8, 4) is 0 Å². The normalized spacial score (nSPS) is 18.7. The second-order valence-electron chi connectivity index (χ2n) is 5.70. The van der Waals surface area contributed by atoms with Crippen LogP contribution in [0.15, 0.2) is 0 Å². The Morgan fingerprint density at radius 1 is 0.824 bits per heavy atom. The quantitative estimate of drug-likeness (QED) is 0.383. The fourth-order valence-corrected chi connectivity index (χ4v) is 3.04. The smallest absolute Gasteiger partial charge is 0.0784 e. The zero-order valence-corrected chi connectivity index (χ0v) is 13.9. The van der Waals surface area contributed by atoms with Crippen LogP contribution in [-0.4, -0.2) is 36.9 Å². The molecule has 1 fully saturated rings. The second-order valence-corrected chi connectivity index (χ2v) is 6.14. The molecule has 17 heavy (non-hydrogen) atoms. The first-order chi connectivity index (χ1) is 7.77. The van der Waals surface area contributed by atoms with Crippen LogP contribution in [-0.2, 0) is 0 Å². The molecule has 1 nitrogen and oxygen atoms in total. The number of likely N-dealkylation sites (tertiary alicyclic amines) is 1. The number of hydrogen-bond acceptors (Lipinski definition) is 1. The Hall–Kier alpha value is 0.790. The summed E-state index contributed by atoms with van der Waals surface area (Å²) in [4.78, 5) is 0. The van der Waals surface area contributed by atoms with Gasteiger partial charge in [-0.15, -0.1) is 0 Å². The van der Waals surface area contributed by atoms with Crippen LogP contribution in [0.2, 0.25) is 0 Å². The monoisotopic (exact) mass is 323 g/mol. The molecule has 0 unspecified atom stereocenters. The lowest BCUT2D eigenvalue weighted by Gasteiger charge is -2.37. The number of hydrogen-bond donors (Lipinski definition) is 1. The summed E-state index contributed by atoms with van der Waals surface area (Å²) >= 11 is 4.24. The van der Waals surface area contributed by atoms with Gasteiger partial charge >= 0.3 is 0 Å². The van der Waals surface area contributed by atoms with E-state index in [1.165, 1.54) is 81.9 Å². The van der Waals surface area contributed by atoms with Gasteiger partial charge in [0.15, 0.2) is 0 Å². The van der Waals surface area contributed by atoms with Gasteiger partial charge in [-0.2, -0.15) is 12.6 Å². The van der Waals surface area contributed by atoms with Crippen molar-refractivity contribution in [3.63, 3.8) is 0 Å². The molecule has 1 aliphatic rings. The predicted molar refractivity (Wildman–Crippen MR) is 76.2 cm³/mol. The zero-order valence-electron chi connectivity index (χ0n) is 11.5. The first-order valence-corrected chi connectivity index (χ1v) is 7.84. The van der Waals surface area contributed by atoms with Gasteiger partial charge in [-0.25, -0.2) is 0 Å². The average molecular weight is 324 g/mol. The Labute approximate surface area is 124 Å². The van der Waals surface area contributed by atoms with Crippen molar-refractivity contribution in [1.82, 2.24) is 0 Å². The number of piperidine rings is 1. The minimum absolute atomic E-state index is 0. The molecular weight excluding hydrogens is 294 g/mol. The van der Waals surface area contributed by atoms with Crippen LogP contribution in [0.5, 0.6) is 0 Å². The Balaban J connectivity index is 0.00000256. The first-order valence-electron chi connectivity index (χ1n) is 7.21. The maximum Gasteiger partial charge on any atom is 0.0784 e. The van der Waals surface area contributed by atoms with Crippen molar-refractivity contribution >= 4 is 12.6 Å². The van der Waals surface area contributed by atoms with Gasteiger partial charge in [0, 0.05) is 0 Å². The molecule has 0 aromatic rings. The van der Waals surface area contributed by atoms with Crippen LogP contribution in [0, 0.1) is 0 Å². The number of thiol groups is 1. The molecular formula is C14H30BrNS. The first kappa shape index (κ1) is 17.8. The number of rotatable bonds is 8. The molecule has 0 aromatic carbocycles. The molecule has 1 saturated heterocycles. The van der Waals surface area contributed by atoms with Crippen LogP contribution in [0.3, 0.4) is 0 Å². The lowest BCUT2D eigenvalue weighted by atomic mass is 10.1. The summed E-state index contributed by atoms with van der Waals surface area (Å²) in [7, 11) is 2.46. The highest BCUT2D eigenvalue weighted by atomic mass is 79.9. The van der Waals surface area contributed by atoms with E-state index >= 15 is 0 Å². The highest BCUT2D eigenvalue weighted by Crippen LogP contribution is 2.17. The third-order valence-electron chi connectivity index (χ3n) is 4.00. The van der Waals surface area contributed by atoms with E-state index in [1.54, 1.807) is 0 Å². The molecule has 0 bridgehead atoms. The third-order valence-corrected chi connectivity index (χ3v) is 4.32. The minimum atomic E-state index is 0. The SMILES string of the molecule is C[N+]1(CCCCCCCCS)CCCCC1.[Br-]. The predicted octanol–water partition coefficient (Wildman–Crippen LogP) is 0.891. The van der Waals surface area contributed by atoms with E-state index < -0.39 is 0 Å². The van der Waals surface area contributed by atoms with Gasteiger partial charge < -0.3 is 21.5 Å². The maximum atomic E-state index is 4.24. The maximum absolute atomic E-state index is 4.24. The third kappa shape index (κ3) is 8.50. The largest absolute Gasteiger partial charge is 1.00 e. The van der Waals surface area contributed by atoms with Crippen LogP contribution in [0.1, 0.15) is 57.8 Å². The fourth-order valence-electron chi connectivity index (χ4n) is 2.81. The van der Waals surface area contributed by atoms with Gasteiger partial charge in [0.25, 0.3) is 0 Å². The zero-order chi connectivity index (χ0) is 11.7. The van der Waals surface area contributed by atoms with E-state index in [1.807, 2.05) is 0 Å². The lowest BCUT2D eigenvalue weighted by molar-refractivity contribution is -0.914. The molecule has 0 spiro atoms. The van der Waals surface area contributed by atoms with Crippen LogP contribution >= 0.6 is 12.6 Å². The summed E-state index contributed by atoms with van der Waals surface area (Å²) in [5.41, 5.74) is 0. The number of nitrogens with zero attached hydrogens (tertiary/aromatic N) is 1. The Kier molecular flexibility index (Phi) is 11.2. The fraction of sp³-hybridized carbons (Fsp3) is 1.00. The molecule has 0 atom stereocenters. The second kappa shape index (κ2) is 10.7. The summed E-state index contributed by atoms with van der Waals surface area (Å²) in [5, 5.41) is 0. The van der Waals surface area contributed by atoms with Gasteiger partial charge in [-0.1, -0.05) is 19.3 Å². The average Bonchev–Trinajstić information content (AvgIpc) is 2.29. The van der Waals surface area contributed by atoms with E-state index in [2.05, 4.69) is 19.7 Å². The molecule has 0 amide bonds. The molecule has 0 radical (unpaired) electrons. The Morgan fingerprint density at radius 2 is 1.35 bits per heavy atom. The van der Waals surface area contributed by atoms with Gasteiger partial charge in [0.05, 0.1) is 26.7 Å². The molecule has 1 aliphatic heterocycles. The topological polar surface area (TPSA) is 0 Å². The van der Waals surface area contributed by atoms with Crippen LogP contribution in [0.25, 0.3) is 0 Å². The molecule has 0 saturated carbocycles. The standard InChI is InChI=1S/C14H29NS.BrH/c1-15(12-8-6-9-13-15)11-7-4-2-3-5-10-14-16;/h2-14H2,1H3;1H. The Morgan fingerprint density at radius 3 is 1.94 bits per heavy atom. The Bertz CT molecular complexity index is 170. The van der Waals surface area contributed by atoms with Crippen molar-refractivity contribution in [2.24, 2.45) is 0 Å². The molecule has 1 rings (SSSR count). The molecule has 0 aliphatic carbocycles. The van der Waals surface area contributed by atoms with Gasteiger partial charge in [0.1, 0.15) is 0 Å². The lowest BCUT2D eigenvalue weighted by Crippen LogP contribution is -3.00. The molecule has 0 N–H and O–H groups in total. The highest BCUT2D eigenvalue weighted by Gasteiger charge is 2.23. The summed E-state index contributed by atoms with van der Waals surface area (Å²) in [5.74, 6) is 1.06. The van der Waals surface area contributed by atoms with E-state index in [0.717, 1.165) is 5.75 Å². The number of quaternary nitrogens is 1. The summed E-state index contributed by atoms with van der Waals surface area (Å²) in [6.45, 7) is 4.28. The highest BCUT2D eigenvalue weighted by molar-refractivity contribution is 7.80. The van der Waals surface area contributed by atoms with Crippen molar-refractivity contribution < 1.29 is 21.5 Å². The van der Waals surface area contributed by atoms with E-state index in [9.17, 15) is 0 Å². The molecule has 0 aromatic heterocycles. The van der Waals surface area contributed by atoms with Gasteiger partial charge in [-0.3, -0.25) is 0 Å². The number of halogens is 1. The molecule has 3 heteroatoms. The van der Waals surface area contributed by atoms with E-state index in [4.69, 9.17) is 0 Å². The summed E-state index contributed by atoms with van der Waals surface area (Å²) in [6.07, 6.45) is 12.8. The van der Waals surface area contributed by atoms with E-state index in [-0.39, 0.29) is 17.0 Å². The minimum Gasteiger partial charge on any atom is -1.00 e. The van der Waals surface area contributed by atoms with Crippen molar-refractivity contribution in [1.29, 1.82) is 0 Å². The number of unbranched alkanes of at least 4 members (excludes halogenated alkanes) is 5. The van der Waals surface area contributed by atoms with Crippen LogP contribution < -0.4 is 17.0 Å². The van der Waals surface area contributed by atoms with Crippen molar-refractivity contribution in [3.05, 3.63) is 0 Å². The van der Waals surface area contributed by atoms with Crippen molar-refractivity contribution in [2.45, 2.75) is 57.8 Å². The van der Waals surface area contributed by atoms with E-state index in [0.29, 0.717) is 0 Å². The summed E-state index contributed by atoms with van der Waals surface area (Å²) in [6, 6.07) is 0.